The molecule has 1 amide bonds. The van der Waals surface area contributed by atoms with Crippen molar-refractivity contribution in [2.75, 3.05) is 26.1 Å². The van der Waals surface area contributed by atoms with E-state index in [-0.39, 0.29) is 17.0 Å². The van der Waals surface area contributed by atoms with Crippen molar-refractivity contribution in [1.82, 2.24) is 15.0 Å². The number of amides is 1. The first-order valence-electron chi connectivity index (χ1n) is 11.4. The van der Waals surface area contributed by atoms with Gasteiger partial charge in [-0.2, -0.15) is 0 Å². The molecular weight excluding hydrogens is 432 g/mol. The third-order valence-electron chi connectivity index (χ3n) is 5.57. The molecule has 0 bridgehead atoms. The van der Waals surface area contributed by atoms with Gasteiger partial charge in [0.15, 0.2) is 17.2 Å². The molecule has 34 heavy (non-hydrogen) atoms. The summed E-state index contributed by atoms with van der Waals surface area (Å²) in [6.07, 6.45) is 1.96. The van der Waals surface area contributed by atoms with Crippen LogP contribution >= 0.6 is 0 Å². The number of carbonyl (C=O) groups excluding carboxylic acids is 1. The second-order valence-corrected chi connectivity index (χ2v) is 9.06. The highest BCUT2D eigenvalue weighted by Crippen LogP contribution is 2.35. The number of anilines is 1. The van der Waals surface area contributed by atoms with Gasteiger partial charge in [0.25, 0.3) is 5.91 Å². The number of aromatic nitrogens is 3. The van der Waals surface area contributed by atoms with Gasteiger partial charge in [0.2, 0.25) is 0 Å². The zero-order valence-electron chi connectivity index (χ0n) is 21.1. The molecule has 1 heterocycles. The summed E-state index contributed by atoms with van der Waals surface area (Å²) < 4.78 is 18.4. The minimum Gasteiger partial charge on any atom is -0.493 e. The lowest BCUT2D eigenvalue weighted by Gasteiger charge is -2.21. The van der Waals surface area contributed by atoms with Gasteiger partial charge in [0.1, 0.15) is 11.4 Å². The number of methoxy groups -OCH3 is 2. The lowest BCUT2D eigenvalue weighted by molar-refractivity contribution is 0.102. The molecule has 8 heteroatoms. The van der Waals surface area contributed by atoms with Gasteiger partial charge in [-0.25, -0.2) is 4.68 Å². The van der Waals surface area contributed by atoms with E-state index in [0.29, 0.717) is 40.9 Å². The SMILES string of the molecule is CCCCOc1ccc(C(C)(C)C)cc1NC(=O)c1nnn(-c2cccc(OC)c2OC)c1C. The molecule has 0 unspecified atom stereocenters. The van der Waals surface area contributed by atoms with Crippen LogP contribution in [0.5, 0.6) is 17.2 Å². The molecule has 0 spiro atoms. The van der Waals surface area contributed by atoms with Crippen molar-refractivity contribution in [2.24, 2.45) is 0 Å². The summed E-state index contributed by atoms with van der Waals surface area (Å²) in [5, 5.41) is 11.4. The van der Waals surface area contributed by atoms with Crippen LogP contribution < -0.4 is 19.5 Å². The monoisotopic (exact) mass is 466 g/mol. The molecule has 3 aromatic rings. The number of hydrogen-bond acceptors (Lipinski definition) is 6. The number of ether oxygens (including phenoxy) is 3. The molecule has 182 valence electrons. The fourth-order valence-corrected chi connectivity index (χ4v) is 3.53. The van der Waals surface area contributed by atoms with Gasteiger partial charge in [-0.05, 0) is 48.6 Å². The first-order chi connectivity index (χ1) is 16.2. The standard InChI is InChI=1S/C26H34N4O4/c1-8-9-15-34-21-14-13-18(26(3,4)5)16-19(21)27-25(31)23-17(2)30(29-28-23)20-11-10-12-22(32-6)24(20)33-7/h10-14,16H,8-9,15H2,1-7H3,(H,27,31). The quantitative estimate of drug-likeness (QED) is 0.429. The largest absolute Gasteiger partial charge is 0.493 e. The lowest BCUT2D eigenvalue weighted by atomic mass is 9.87. The van der Waals surface area contributed by atoms with Gasteiger partial charge in [0.05, 0.1) is 32.2 Å². The smallest absolute Gasteiger partial charge is 0.278 e. The zero-order chi connectivity index (χ0) is 24.9. The Morgan fingerprint density at radius 1 is 1.09 bits per heavy atom. The summed E-state index contributed by atoms with van der Waals surface area (Å²) in [7, 11) is 3.13. The molecule has 0 aliphatic heterocycles. The Bertz CT molecular complexity index is 1150. The topological polar surface area (TPSA) is 87.5 Å². The molecule has 3 rings (SSSR count). The van der Waals surface area contributed by atoms with Crippen LogP contribution in [-0.4, -0.2) is 41.7 Å². The molecule has 0 atom stereocenters. The Kier molecular flexibility index (Phi) is 7.81. The van der Waals surface area contributed by atoms with Crippen LogP contribution in [0.15, 0.2) is 36.4 Å². The van der Waals surface area contributed by atoms with Crippen LogP contribution in [0.3, 0.4) is 0 Å². The van der Waals surface area contributed by atoms with Crippen molar-refractivity contribution in [1.29, 1.82) is 0 Å². The normalized spacial score (nSPS) is 11.3. The lowest BCUT2D eigenvalue weighted by Crippen LogP contribution is -2.17. The number of benzene rings is 2. The Hall–Kier alpha value is -3.55. The summed E-state index contributed by atoms with van der Waals surface area (Å²) in [4.78, 5) is 13.3. The van der Waals surface area contributed by atoms with Gasteiger partial charge in [0, 0.05) is 0 Å². The number of unbranched alkanes of at least 4 members (excludes halogenated alkanes) is 1. The Morgan fingerprint density at radius 3 is 2.50 bits per heavy atom. The van der Waals surface area contributed by atoms with Crippen LogP contribution in [0, 0.1) is 6.92 Å². The molecule has 1 aromatic heterocycles. The molecule has 2 aromatic carbocycles. The molecular formula is C26H34N4O4. The average Bonchev–Trinajstić information content (AvgIpc) is 3.19. The molecule has 1 N–H and O–H groups in total. The Morgan fingerprint density at radius 2 is 1.85 bits per heavy atom. The number of nitrogens with one attached hydrogen (secondary N) is 1. The van der Waals surface area contributed by atoms with Crippen molar-refractivity contribution >= 4 is 11.6 Å². The van der Waals surface area contributed by atoms with E-state index in [0.717, 1.165) is 18.4 Å². The summed E-state index contributed by atoms with van der Waals surface area (Å²) in [6.45, 7) is 10.9. The predicted molar refractivity (Wildman–Crippen MR) is 133 cm³/mol. The number of nitrogens with zero attached hydrogens (tertiary/aromatic N) is 3. The Labute approximate surface area is 201 Å². The summed E-state index contributed by atoms with van der Waals surface area (Å²) >= 11 is 0. The highest BCUT2D eigenvalue weighted by atomic mass is 16.5. The van der Waals surface area contributed by atoms with E-state index in [9.17, 15) is 4.79 Å². The van der Waals surface area contributed by atoms with Gasteiger partial charge in [-0.15, -0.1) is 5.10 Å². The maximum absolute atomic E-state index is 13.3. The molecule has 0 fully saturated rings. The van der Waals surface area contributed by atoms with Crippen molar-refractivity contribution in [2.45, 2.75) is 52.9 Å². The predicted octanol–water partition coefficient (Wildman–Crippen LogP) is 5.32. The van der Waals surface area contributed by atoms with Crippen LogP contribution in [0.4, 0.5) is 5.69 Å². The minimum atomic E-state index is -0.364. The van der Waals surface area contributed by atoms with Crippen molar-refractivity contribution < 1.29 is 19.0 Å². The summed E-state index contributed by atoms with van der Waals surface area (Å²) in [5.41, 5.74) is 3.04. The van der Waals surface area contributed by atoms with Crippen LogP contribution in [0.1, 0.15) is 62.3 Å². The van der Waals surface area contributed by atoms with E-state index in [1.807, 2.05) is 30.3 Å². The van der Waals surface area contributed by atoms with Gasteiger partial charge in [-0.1, -0.05) is 51.5 Å². The van der Waals surface area contributed by atoms with Gasteiger partial charge >= 0.3 is 0 Å². The van der Waals surface area contributed by atoms with E-state index >= 15 is 0 Å². The first kappa shape index (κ1) is 25.1. The molecule has 0 radical (unpaired) electrons. The molecule has 0 saturated heterocycles. The van der Waals surface area contributed by atoms with Crippen molar-refractivity contribution in [3.63, 3.8) is 0 Å². The second kappa shape index (κ2) is 10.6. The van der Waals surface area contributed by atoms with E-state index in [4.69, 9.17) is 14.2 Å². The number of hydrogen-bond donors (Lipinski definition) is 1. The van der Waals surface area contributed by atoms with E-state index in [1.54, 1.807) is 31.9 Å². The van der Waals surface area contributed by atoms with Crippen LogP contribution in [-0.2, 0) is 5.41 Å². The average molecular weight is 467 g/mol. The number of para-hydroxylation sites is 1. The van der Waals surface area contributed by atoms with Crippen LogP contribution in [0.25, 0.3) is 5.69 Å². The van der Waals surface area contributed by atoms with Gasteiger partial charge in [-0.3, -0.25) is 4.79 Å². The maximum Gasteiger partial charge on any atom is 0.278 e. The number of rotatable bonds is 9. The minimum absolute atomic E-state index is 0.0800. The van der Waals surface area contributed by atoms with Crippen molar-refractivity contribution in [3.05, 3.63) is 53.3 Å². The van der Waals surface area contributed by atoms with Gasteiger partial charge < -0.3 is 19.5 Å². The molecule has 0 aliphatic rings. The Balaban J connectivity index is 1.95. The van der Waals surface area contributed by atoms with E-state index < -0.39 is 0 Å². The summed E-state index contributed by atoms with van der Waals surface area (Å²) in [5.74, 6) is 1.34. The fourth-order valence-electron chi connectivity index (χ4n) is 3.53. The van der Waals surface area contributed by atoms with E-state index in [1.165, 1.54) is 0 Å². The molecule has 0 saturated carbocycles. The number of carbonyl (C=O) groups is 1. The summed E-state index contributed by atoms with van der Waals surface area (Å²) in [6, 6.07) is 11.4. The van der Waals surface area contributed by atoms with Crippen LogP contribution in [0.2, 0.25) is 0 Å². The molecule has 0 aliphatic carbocycles. The van der Waals surface area contributed by atoms with E-state index in [2.05, 4.69) is 43.3 Å². The fraction of sp³-hybridized carbons (Fsp3) is 0.423. The zero-order valence-corrected chi connectivity index (χ0v) is 21.1. The molecule has 8 nitrogen and oxygen atoms in total. The third-order valence-corrected chi connectivity index (χ3v) is 5.57. The van der Waals surface area contributed by atoms with Crippen molar-refractivity contribution in [3.8, 4) is 22.9 Å². The highest BCUT2D eigenvalue weighted by molar-refractivity contribution is 6.04. The highest BCUT2D eigenvalue weighted by Gasteiger charge is 2.23. The first-order valence-corrected chi connectivity index (χ1v) is 11.4. The third kappa shape index (κ3) is 5.32. The maximum atomic E-state index is 13.3. The second-order valence-electron chi connectivity index (χ2n) is 9.06.